The van der Waals surface area contributed by atoms with Crippen molar-refractivity contribution in [3.8, 4) is 28.3 Å². The summed E-state index contributed by atoms with van der Waals surface area (Å²) in [6, 6.07) is 17.8. The monoisotopic (exact) mass is 321 g/mol. The zero-order valence-corrected chi connectivity index (χ0v) is 14.1. The van der Waals surface area contributed by atoms with Gasteiger partial charge < -0.3 is 10.5 Å². The van der Waals surface area contributed by atoms with E-state index in [1.54, 1.807) is 0 Å². The SMILES string of the molecule is CC(C)CCOc1cccc(-c2cc(-c3ccccc3N)[nH]n2)c1. The van der Waals surface area contributed by atoms with Gasteiger partial charge in [-0.3, -0.25) is 5.10 Å². The first-order valence-electron chi connectivity index (χ1n) is 8.27. The maximum atomic E-state index is 6.04. The summed E-state index contributed by atoms with van der Waals surface area (Å²) in [6.07, 6.45) is 1.05. The zero-order chi connectivity index (χ0) is 16.9. The molecule has 24 heavy (non-hydrogen) atoms. The standard InChI is InChI=1S/C20H23N3O/c1-14(2)10-11-24-16-7-5-6-15(12-16)19-13-20(23-22-19)17-8-3-4-9-18(17)21/h3-9,12-14H,10-11,21H2,1-2H3,(H,22,23). The fourth-order valence-electron chi connectivity index (χ4n) is 2.51. The quantitative estimate of drug-likeness (QED) is 0.644. The largest absolute Gasteiger partial charge is 0.494 e. The molecule has 3 rings (SSSR count). The lowest BCUT2D eigenvalue weighted by Gasteiger charge is -2.08. The maximum absolute atomic E-state index is 6.04. The van der Waals surface area contributed by atoms with Crippen LogP contribution in [0.15, 0.2) is 54.6 Å². The first-order chi connectivity index (χ1) is 11.6. The van der Waals surface area contributed by atoms with Crippen LogP contribution in [-0.4, -0.2) is 16.8 Å². The Balaban J connectivity index is 1.79. The van der Waals surface area contributed by atoms with Crippen LogP contribution in [0.4, 0.5) is 5.69 Å². The summed E-state index contributed by atoms with van der Waals surface area (Å²) in [5.74, 6) is 1.51. The molecule has 0 aliphatic carbocycles. The molecule has 0 unspecified atom stereocenters. The molecule has 0 saturated heterocycles. The van der Waals surface area contributed by atoms with Crippen LogP contribution in [0.3, 0.4) is 0 Å². The molecule has 0 amide bonds. The molecule has 4 heteroatoms. The third-order valence-electron chi connectivity index (χ3n) is 3.92. The third kappa shape index (κ3) is 3.77. The van der Waals surface area contributed by atoms with E-state index in [-0.39, 0.29) is 0 Å². The van der Waals surface area contributed by atoms with E-state index in [4.69, 9.17) is 10.5 Å². The summed E-state index contributed by atoms with van der Waals surface area (Å²) < 4.78 is 5.83. The van der Waals surface area contributed by atoms with Gasteiger partial charge in [-0.2, -0.15) is 5.10 Å². The molecule has 124 valence electrons. The van der Waals surface area contributed by atoms with Crippen molar-refractivity contribution in [2.75, 3.05) is 12.3 Å². The molecule has 4 nitrogen and oxygen atoms in total. The number of para-hydroxylation sites is 1. The van der Waals surface area contributed by atoms with Crippen molar-refractivity contribution < 1.29 is 4.74 Å². The number of benzene rings is 2. The van der Waals surface area contributed by atoms with E-state index in [1.807, 2.05) is 54.6 Å². The Morgan fingerprint density at radius 1 is 1.08 bits per heavy atom. The van der Waals surface area contributed by atoms with Crippen molar-refractivity contribution in [1.82, 2.24) is 10.2 Å². The Labute approximate surface area is 142 Å². The second-order valence-corrected chi connectivity index (χ2v) is 6.31. The maximum Gasteiger partial charge on any atom is 0.119 e. The molecule has 3 N–H and O–H groups in total. The first-order valence-corrected chi connectivity index (χ1v) is 8.27. The number of ether oxygens (including phenoxy) is 1. The van der Waals surface area contributed by atoms with Crippen LogP contribution in [0.25, 0.3) is 22.5 Å². The molecule has 0 atom stereocenters. The fraction of sp³-hybridized carbons (Fsp3) is 0.250. The van der Waals surface area contributed by atoms with E-state index < -0.39 is 0 Å². The Bertz CT molecular complexity index is 808. The van der Waals surface area contributed by atoms with Crippen LogP contribution in [-0.2, 0) is 0 Å². The number of hydrogen-bond acceptors (Lipinski definition) is 3. The molecule has 0 spiro atoms. The Kier molecular flexibility index (Phi) is 4.85. The Morgan fingerprint density at radius 3 is 2.71 bits per heavy atom. The minimum atomic E-state index is 0.637. The highest BCUT2D eigenvalue weighted by Crippen LogP contribution is 2.29. The smallest absolute Gasteiger partial charge is 0.119 e. The van der Waals surface area contributed by atoms with E-state index in [2.05, 4.69) is 24.0 Å². The van der Waals surface area contributed by atoms with Gasteiger partial charge in [-0.15, -0.1) is 0 Å². The van der Waals surface area contributed by atoms with Gasteiger partial charge in [-0.25, -0.2) is 0 Å². The van der Waals surface area contributed by atoms with Crippen molar-refractivity contribution in [3.05, 3.63) is 54.6 Å². The average Bonchev–Trinajstić information content (AvgIpc) is 3.05. The minimum absolute atomic E-state index is 0.637. The van der Waals surface area contributed by atoms with E-state index in [0.29, 0.717) is 5.92 Å². The van der Waals surface area contributed by atoms with Crippen molar-refractivity contribution >= 4 is 5.69 Å². The average molecular weight is 321 g/mol. The number of aromatic nitrogens is 2. The summed E-state index contributed by atoms with van der Waals surface area (Å²) in [5.41, 5.74) is 10.5. The molecular formula is C20H23N3O. The summed E-state index contributed by atoms with van der Waals surface area (Å²) in [7, 11) is 0. The molecule has 1 heterocycles. The lowest BCUT2D eigenvalue weighted by Crippen LogP contribution is -2.01. The second-order valence-electron chi connectivity index (χ2n) is 6.31. The predicted molar refractivity (Wildman–Crippen MR) is 98.8 cm³/mol. The van der Waals surface area contributed by atoms with E-state index in [0.717, 1.165) is 47.0 Å². The molecule has 0 bridgehead atoms. The van der Waals surface area contributed by atoms with Gasteiger partial charge in [0.25, 0.3) is 0 Å². The van der Waals surface area contributed by atoms with Crippen LogP contribution in [0.1, 0.15) is 20.3 Å². The third-order valence-corrected chi connectivity index (χ3v) is 3.92. The van der Waals surface area contributed by atoms with Crippen molar-refractivity contribution in [2.45, 2.75) is 20.3 Å². The van der Waals surface area contributed by atoms with E-state index in [1.165, 1.54) is 0 Å². The molecule has 0 saturated carbocycles. The van der Waals surface area contributed by atoms with E-state index >= 15 is 0 Å². The van der Waals surface area contributed by atoms with E-state index in [9.17, 15) is 0 Å². The first kappa shape index (κ1) is 16.1. The number of aromatic amines is 1. The topological polar surface area (TPSA) is 63.9 Å². The molecule has 2 aromatic carbocycles. The second kappa shape index (κ2) is 7.21. The Morgan fingerprint density at radius 2 is 1.92 bits per heavy atom. The van der Waals surface area contributed by atoms with Crippen LogP contribution < -0.4 is 10.5 Å². The minimum Gasteiger partial charge on any atom is -0.494 e. The fourth-order valence-corrected chi connectivity index (χ4v) is 2.51. The van der Waals surface area contributed by atoms with Gasteiger partial charge in [0.15, 0.2) is 0 Å². The van der Waals surface area contributed by atoms with Crippen molar-refractivity contribution in [3.63, 3.8) is 0 Å². The Hall–Kier alpha value is -2.75. The molecule has 1 aromatic heterocycles. The lowest BCUT2D eigenvalue weighted by molar-refractivity contribution is 0.289. The van der Waals surface area contributed by atoms with Crippen LogP contribution in [0, 0.1) is 5.92 Å². The van der Waals surface area contributed by atoms with Crippen molar-refractivity contribution in [2.24, 2.45) is 5.92 Å². The van der Waals surface area contributed by atoms with Gasteiger partial charge in [-0.05, 0) is 36.6 Å². The number of anilines is 1. The highest BCUT2D eigenvalue weighted by Gasteiger charge is 2.09. The molecule has 0 fully saturated rings. The number of rotatable bonds is 6. The highest BCUT2D eigenvalue weighted by molar-refractivity contribution is 5.76. The molecule has 0 aliphatic heterocycles. The van der Waals surface area contributed by atoms with Crippen LogP contribution >= 0.6 is 0 Å². The van der Waals surface area contributed by atoms with Gasteiger partial charge in [0.2, 0.25) is 0 Å². The molecular weight excluding hydrogens is 298 g/mol. The number of nitrogen functional groups attached to an aromatic ring is 1. The molecule has 3 aromatic rings. The van der Waals surface area contributed by atoms with Gasteiger partial charge >= 0.3 is 0 Å². The van der Waals surface area contributed by atoms with Crippen LogP contribution in [0.5, 0.6) is 5.75 Å². The zero-order valence-electron chi connectivity index (χ0n) is 14.1. The van der Waals surface area contributed by atoms with Gasteiger partial charge in [-0.1, -0.05) is 44.2 Å². The predicted octanol–water partition coefficient (Wildman–Crippen LogP) is 4.75. The van der Waals surface area contributed by atoms with Crippen molar-refractivity contribution in [1.29, 1.82) is 0 Å². The highest BCUT2D eigenvalue weighted by atomic mass is 16.5. The van der Waals surface area contributed by atoms with Gasteiger partial charge in [0.05, 0.1) is 18.0 Å². The summed E-state index contributed by atoms with van der Waals surface area (Å²) in [6.45, 7) is 5.12. The number of hydrogen-bond donors (Lipinski definition) is 2. The summed E-state index contributed by atoms with van der Waals surface area (Å²) in [5, 5.41) is 7.49. The number of nitrogens with two attached hydrogens (primary N) is 1. The summed E-state index contributed by atoms with van der Waals surface area (Å²) in [4.78, 5) is 0. The van der Waals surface area contributed by atoms with Gasteiger partial charge in [0.1, 0.15) is 5.75 Å². The normalized spacial score (nSPS) is 11.0. The molecule has 0 aliphatic rings. The number of nitrogens with zero attached hydrogens (tertiary/aromatic N) is 1. The number of nitrogens with one attached hydrogen (secondary N) is 1. The molecule has 0 radical (unpaired) electrons. The van der Waals surface area contributed by atoms with Gasteiger partial charge in [0, 0.05) is 16.8 Å². The van der Waals surface area contributed by atoms with Crippen LogP contribution in [0.2, 0.25) is 0 Å². The lowest BCUT2D eigenvalue weighted by atomic mass is 10.1. The number of H-pyrrole nitrogens is 1. The summed E-state index contributed by atoms with van der Waals surface area (Å²) >= 11 is 0.